The van der Waals surface area contributed by atoms with E-state index in [9.17, 15) is 8.42 Å². The monoisotopic (exact) mass is 363 g/mol. The normalized spacial score (nSPS) is 20.7. The van der Waals surface area contributed by atoms with Crippen molar-refractivity contribution in [3.05, 3.63) is 11.4 Å². The number of aryl methyl sites for hydroxylation is 2. The van der Waals surface area contributed by atoms with Crippen molar-refractivity contribution in [2.45, 2.75) is 50.5 Å². The van der Waals surface area contributed by atoms with Crippen molar-refractivity contribution in [2.75, 3.05) is 11.9 Å². The van der Waals surface area contributed by atoms with Crippen LogP contribution in [-0.4, -0.2) is 40.4 Å². The number of nitrogens with zero attached hydrogens (tertiary/aromatic N) is 3. The van der Waals surface area contributed by atoms with Crippen molar-refractivity contribution in [1.29, 1.82) is 0 Å². The van der Waals surface area contributed by atoms with E-state index in [1.165, 1.54) is 0 Å². The first-order valence-corrected chi connectivity index (χ1v) is 9.53. The summed E-state index contributed by atoms with van der Waals surface area (Å²) in [5.74, 6) is 0. The molecule has 0 radical (unpaired) electrons. The third-order valence-electron chi connectivity index (χ3n) is 4.00. The Morgan fingerprint density at radius 3 is 2.65 bits per heavy atom. The average Bonchev–Trinajstić information content (AvgIpc) is 2.93. The molecule has 2 rings (SSSR count). The maximum absolute atomic E-state index is 12.9. The van der Waals surface area contributed by atoms with Gasteiger partial charge in [-0.05, 0) is 39.5 Å². The number of aromatic nitrogens is 2. The maximum Gasteiger partial charge on any atom is 0.246 e. The van der Waals surface area contributed by atoms with E-state index in [1.807, 2.05) is 6.92 Å². The first-order chi connectivity index (χ1) is 9.39. The number of sulfonamides is 1. The van der Waals surface area contributed by atoms with Crippen LogP contribution in [0, 0.1) is 13.8 Å². The van der Waals surface area contributed by atoms with Crippen LogP contribution < -0.4 is 0 Å². The van der Waals surface area contributed by atoms with E-state index in [1.54, 1.807) is 23.0 Å². The smallest absolute Gasteiger partial charge is 0.246 e. The van der Waals surface area contributed by atoms with Crippen LogP contribution in [0.5, 0.6) is 0 Å². The SMILES string of the molecule is Cc1nn(C)c(C)c1S(=O)(=O)N1CCCC1CCCBr. The molecule has 1 unspecified atom stereocenters. The molecule has 1 saturated heterocycles. The van der Waals surface area contributed by atoms with Gasteiger partial charge in [0.1, 0.15) is 4.90 Å². The van der Waals surface area contributed by atoms with Gasteiger partial charge in [-0.3, -0.25) is 4.68 Å². The standard InChI is InChI=1S/C13H22BrN3O2S/c1-10-13(11(2)16(3)15-10)20(18,19)17-9-5-7-12(17)6-4-8-14/h12H,4-9H2,1-3H3. The maximum atomic E-state index is 12.9. The summed E-state index contributed by atoms with van der Waals surface area (Å²) in [6.07, 6.45) is 3.83. The lowest BCUT2D eigenvalue weighted by Gasteiger charge is -2.24. The Morgan fingerprint density at radius 1 is 1.40 bits per heavy atom. The van der Waals surface area contributed by atoms with E-state index in [4.69, 9.17) is 0 Å². The molecule has 0 aliphatic carbocycles. The number of hydrogen-bond acceptors (Lipinski definition) is 3. The van der Waals surface area contributed by atoms with Crippen molar-refractivity contribution in [2.24, 2.45) is 7.05 Å². The highest BCUT2D eigenvalue weighted by Crippen LogP contribution is 2.31. The summed E-state index contributed by atoms with van der Waals surface area (Å²) >= 11 is 3.42. The molecule has 0 amide bonds. The summed E-state index contributed by atoms with van der Waals surface area (Å²) in [6, 6.07) is 0.136. The molecule has 1 aliphatic rings. The molecule has 7 heteroatoms. The van der Waals surface area contributed by atoms with Gasteiger partial charge in [0.25, 0.3) is 0 Å². The highest BCUT2D eigenvalue weighted by atomic mass is 79.9. The van der Waals surface area contributed by atoms with Crippen LogP contribution in [0.2, 0.25) is 0 Å². The summed E-state index contributed by atoms with van der Waals surface area (Å²) < 4.78 is 29.2. The Labute approximate surface area is 129 Å². The summed E-state index contributed by atoms with van der Waals surface area (Å²) in [5.41, 5.74) is 1.31. The van der Waals surface area contributed by atoms with Gasteiger partial charge < -0.3 is 0 Å². The van der Waals surface area contributed by atoms with Crippen LogP contribution in [0.1, 0.15) is 37.1 Å². The third-order valence-corrected chi connectivity index (χ3v) is 6.77. The number of hydrogen-bond donors (Lipinski definition) is 0. The van der Waals surface area contributed by atoms with Crippen LogP contribution >= 0.6 is 15.9 Å². The predicted octanol–water partition coefficient (Wildman–Crippen LogP) is 2.37. The number of rotatable bonds is 5. The quantitative estimate of drug-likeness (QED) is 0.754. The second-order valence-corrected chi connectivity index (χ2v) is 7.99. The van der Waals surface area contributed by atoms with Crippen LogP contribution in [0.4, 0.5) is 0 Å². The zero-order valence-corrected chi connectivity index (χ0v) is 14.7. The molecule has 0 aromatic carbocycles. The summed E-state index contributed by atoms with van der Waals surface area (Å²) in [7, 11) is -1.64. The van der Waals surface area contributed by atoms with Crippen molar-refractivity contribution in [3.8, 4) is 0 Å². The first kappa shape index (κ1) is 16.0. The van der Waals surface area contributed by atoms with Gasteiger partial charge in [-0.15, -0.1) is 0 Å². The van der Waals surface area contributed by atoms with Gasteiger partial charge in [-0.25, -0.2) is 8.42 Å². The van der Waals surface area contributed by atoms with E-state index in [0.29, 0.717) is 22.8 Å². The van der Waals surface area contributed by atoms with E-state index in [-0.39, 0.29) is 6.04 Å². The van der Waals surface area contributed by atoms with Crippen molar-refractivity contribution >= 4 is 26.0 Å². The molecule has 114 valence electrons. The van der Waals surface area contributed by atoms with Crippen LogP contribution in [0.3, 0.4) is 0 Å². The number of alkyl halides is 1. The minimum Gasteiger partial charge on any atom is -0.271 e. The second kappa shape index (κ2) is 6.15. The van der Waals surface area contributed by atoms with E-state index in [2.05, 4.69) is 21.0 Å². The molecule has 1 atom stereocenters. The van der Waals surface area contributed by atoms with Gasteiger partial charge in [0.05, 0.1) is 11.4 Å². The fourth-order valence-corrected chi connectivity index (χ4v) is 5.42. The minimum atomic E-state index is -3.42. The fourth-order valence-electron chi connectivity index (χ4n) is 2.97. The Hall–Kier alpha value is -0.400. The molecule has 20 heavy (non-hydrogen) atoms. The number of halogens is 1. The Balaban J connectivity index is 2.34. The lowest BCUT2D eigenvalue weighted by Crippen LogP contribution is -2.36. The molecule has 0 saturated carbocycles. The highest BCUT2D eigenvalue weighted by molar-refractivity contribution is 9.09. The second-order valence-electron chi connectivity index (χ2n) is 5.37. The van der Waals surface area contributed by atoms with Gasteiger partial charge >= 0.3 is 0 Å². The van der Waals surface area contributed by atoms with E-state index in [0.717, 1.165) is 31.0 Å². The summed E-state index contributed by atoms with van der Waals surface area (Å²) in [4.78, 5) is 0.394. The summed E-state index contributed by atoms with van der Waals surface area (Å²) in [6.45, 7) is 4.21. The van der Waals surface area contributed by atoms with Gasteiger partial charge in [0.15, 0.2) is 0 Å². The lowest BCUT2D eigenvalue weighted by molar-refractivity contribution is 0.368. The lowest BCUT2D eigenvalue weighted by atomic mass is 10.1. The molecule has 2 heterocycles. The topological polar surface area (TPSA) is 55.2 Å². The van der Waals surface area contributed by atoms with Crippen LogP contribution in [0.15, 0.2) is 4.90 Å². The van der Waals surface area contributed by atoms with Gasteiger partial charge in [-0.2, -0.15) is 9.40 Å². The molecule has 5 nitrogen and oxygen atoms in total. The Bertz CT molecular complexity index is 583. The molecule has 1 aromatic heterocycles. The van der Waals surface area contributed by atoms with Gasteiger partial charge in [-0.1, -0.05) is 15.9 Å². The largest absolute Gasteiger partial charge is 0.271 e. The molecule has 1 aliphatic heterocycles. The molecule has 0 bridgehead atoms. The molecular weight excluding hydrogens is 342 g/mol. The van der Waals surface area contributed by atoms with Crippen LogP contribution in [-0.2, 0) is 17.1 Å². The van der Waals surface area contributed by atoms with Gasteiger partial charge in [0, 0.05) is 25.0 Å². The van der Waals surface area contributed by atoms with E-state index >= 15 is 0 Å². The molecule has 1 aromatic rings. The Morgan fingerprint density at radius 2 is 2.10 bits per heavy atom. The fraction of sp³-hybridized carbons (Fsp3) is 0.769. The zero-order valence-electron chi connectivity index (χ0n) is 12.3. The Kier molecular flexibility index (Phi) is 4.92. The molecule has 0 N–H and O–H groups in total. The van der Waals surface area contributed by atoms with Crippen molar-refractivity contribution in [3.63, 3.8) is 0 Å². The zero-order chi connectivity index (χ0) is 14.9. The van der Waals surface area contributed by atoms with Crippen molar-refractivity contribution < 1.29 is 8.42 Å². The van der Waals surface area contributed by atoms with Gasteiger partial charge in [0.2, 0.25) is 10.0 Å². The van der Waals surface area contributed by atoms with E-state index < -0.39 is 10.0 Å². The third kappa shape index (κ3) is 2.80. The van der Waals surface area contributed by atoms with Crippen molar-refractivity contribution in [1.82, 2.24) is 14.1 Å². The molecule has 0 spiro atoms. The predicted molar refractivity (Wildman–Crippen MR) is 82.6 cm³/mol. The molecule has 1 fully saturated rings. The molecular formula is C13H22BrN3O2S. The first-order valence-electron chi connectivity index (χ1n) is 6.97. The minimum absolute atomic E-state index is 0.136. The highest BCUT2D eigenvalue weighted by Gasteiger charge is 2.37. The average molecular weight is 364 g/mol. The van der Waals surface area contributed by atoms with Crippen LogP contribution in [0.25, 0.3) is 0 Å². The summed E-state index contributed by atoms with van der Waals surface area (Å²) in [5, 5.41) is 5.16.